The summed E-state index contributed by atoms with van der Waals surface area (Å²) in [5.74, 6) is 0. The van der Waals surface area contributed by atoms with Gasteiger partial charge in [-0.15, -0.1) is 0 Å². The molecule has 0 saturated heterocycles. The molecule has 1 heterocycles. The summed E-state index contributed by atoms with van der Waals surface area (Å²) in [6, 6.07) is 13.2. The molecule has 2 aromatic rings. The molecule has 2 heteroatoms. The van der Waals surface area contributed by atoms with E-state index in [0.29, 0.717) is 6.04 Å². The van der Waals surface area contributed by atoms with Crippen molar-refractivity contribution in [1.29, 1.82) is 0 Å². The van der Waals surface area contributed by atoms with Crippen LogP contribution >= 0.6 is 0 Å². The lowest BCUT2D eigenvalue weighted by atomic mass is 10.1. The highest BCUT2D eigenvalue weighted by Gasteiger charge is 2.03. The molecule has 0 aliphatic rings. The van der Waals surface area contributed by atoms with E-state index < -0.39 is 0 Å². The molecule has 0 aliphatic heterocycles. The second kappa shape index (κ2) is 6.31. The van der Waals surface area contributed by atoms with Crippen molar-refractivity contribution in [3.05, 3.63) is 65.5 Å². The van der Waals surface area contributed by atoms with E-state index in [0.717, 1.165) is 13.0 Å². The van der Waals surface area contributed by atoms with Crippen LogP contribution < -0.4 is 5.32 Å². The maximum atomic E-state index is 4.21. The molecule has 0 radical (unpaired) electrons. The minimum absolute atomic E-state index is 0.466. The average Bonchev–Trinajstić information content (AvgIpc) is 2.38. The van der Waals surface area contributed by atoms with Gasteiger partial charge in [-0.2, -0.15) is 0 Å². The van der Waals surface area contributed by atoms with Crippen LogP contribution in [0.15, 0.2) is 48.8 Å². The van der Waals surface area contributed by atoms with Gasteiger partial charge in [0.1, 0.15) is 0 Å². The predicted molar refractivity (Wildman–Crippen MR) is 75.4 cm³/mol. The van der Waals surface area contributed by atoms with Crippen molar-refractivity contribution in [2.24, 2.45) is 0 Å². The zero-order valence-corrected chi connectivity index (χ0v) is 11.1. The minimum atomic E-state index is 0.466. The van der Waals surface area contributed by atoms with Crippen molar-refractivity contribution >= 4 is 0 Å². The fraction of sp³-hybridized carbons (Fsp3) is 0.312. The van der Waals surface area contributed by atoms with Crippen molar-refractivity contribution < 1.29 is 0 Å². The maximum absolute atomic E-state index is 4.21. The van der Waals surface area contributed by atoms with Crippen molar-refractivity contribution in [2.45, 2.75) is 32.9 Å². The molecule has 18 heavy (non-hydrogen) atoms. The van der Waals surface area contributed by atoms with Crippen molar-refractivity contribution in [3.63, 3.8) is 0 Å². The number of benzene rings is 1. The van der Waals surface area contributed by atoms with Crippen LogP contribution in [0.2, 0.25) is 0 Å². The van der Waals surface area contributed by atoms with Gasteiger partial charge in [0, 0.05) is 25.0 Å². The van der Waals surface area contributed by atoms with E-state index in [2.05, 4.69) is 60.5 Å². The number of aryl methyl sites for hydroxylation is 1. The third-order valence-electron chi connectivity index (χ3n) is 2.97. The molecule has 1 aromatic carbocycles. The molecule has 1 N–H and O–H groups in total. The second-order valence-corrected chi connectivity index (χ2v) is 4.84. The minimum Gasteiger partial charge on any atom is -0.310 e. The number of hydrogen-bond acceptors (Lipinski definition) is 2. The first-order valence-electron chi connectivity index (χ1n) is 6.42. The van der Waals surface area contributed by atoms with E-state index >= 15 is 0 Å². The molecule has 0 spiro atoms. The van der Waals surface area contributed by atoms with Crippen LogP contribution in [-0.2, 0) is 13.0 Å². The molecule has 1 aromatic heterocycles. The van der Waals surface area contributed by atoms with Gasteiger partial charge >= 0.3 is 0 Å². The van der Waals surface area contributed by atoms with E-state index in [1.165, 1.54) is 16.7 Å². The highest BCUT2D eigenvalue weighted by Crippen LogP contribution is 2.05. The Kier molecular flexibility index (Phi) is 4.48. The van der Waals surface area contributed by atoms with Crippen LogP contribution in [0.25, 0.3) is 0 Å². The van der Waals surface area contributed by atoms with Gasteiger partial charge in [-0.1, -0.05) is 36.4 Å². The Balaban J connectivity index is 1.83. The van der Waals surface area contributed by atoms with Gasteiger partial charge in [-0.05, 0) is 37.0 Å². The Labute approximate surface area is 109 Å². The summed E-state index contributed by atoms with van der Waals surface area (Å²) >= 11 is 0. The van der Waals surface area contributed by atoms with Gasteiger partial charge in [0.2, 0.25) is 0 Å². The van der Waals surface area contributed by atoms with Crippen LogP contribution in [0.4, 0.5) is 0 Å². The highest BCUT2D eigenvalue weighted by atomic mass is 14.9. The predicted octanol–water partition coefficient (Wildman–Crippen LogP) is 3.11. The maximum Gasteiger partial charge on any atom is 0.0313 e. The summed E-state index contributed by atoms with van der Waals surface area (Å²) in [6.45, 7) is 5.17. The van der Waals surface area contributed by atoms with Gasteiger partial charge in [-0.25, -0.2) is 0 Å². The Morgan fingerprint density at radius 2 is 1.89 bits per heavy atom. The molecule has 1 unspecified atom stereocenters. The van der Waals surface area contributed by atoms with E-state index in [1.807, 2.05) is 12.4 Å². The fourth-order valence-corrected chi connectivity index (χ4v) is 2.05. The Morgan fingerprint density at radius 3 is 2.61 bits per heavy atom. The molecule has 0 bridgehead atoms. The number of rotatable bonds is 5. The fourth-order valence-electron chi connectivity index (χ4n) is 2.05. The van der Waals surface area contributed by atoms with Gasteiger partial charge < -0.3 is 5.32 Å². The third-order valence-corrected chi connectivity index (χ3v) is 2.97. The first-order chi connectivity index (χ1) is 8.74. The number of nitrogens with one attached hydrogen (secondary N) is 1. The van der Waals surface area contributed by atoms with E-state index in [9.17, 15) is 0 Å². The first kappa shape index (κ1) is 12.8. The smallest absolute Gasteiger partial charge is 0.0313 e. The van der Waals surface area contributed by atoms with Crippen LogP contribution in [0.1, 0.15) is 23.6 Å². The summed E-state index contributed by atoms with van der Waals surface area (Å²) in [5.41, 5.74) is 3.83. The molecule has 0 saturated carbocycles. The average molecular weight is 240 g/mol. The molecule has 0 fully saturated rings. The van der Waals surface area contributed by atoms with Crippen LogP contribution in [0.3, 0.4) is 0 Å². The van der Waals surface area contributed by atoms with Crippen molar-refractivity contribution in [3.8, 4) is 0 Å². The Bertz CT molecular complexity index is 479. The van der Waals surface area contributed by atoms with E-state index in [1.54, 1.807) is 0 Å². The first-order valence-corrected chi connectivity index (χ1v) is 6.42. The topological polar surface area (TPSA) is 24.9 Å². The summed E-state index contributed by atoms with van der Waals surface area (Å²) in [6.07, 6.45) is 4.87. The van der Waals surface area contributed by atoms with Gasteiger partial charge in [0.25, 0.3) is 0 Å². The number of hydrogen-bond donors (Lipinski definition) is 1. The quantitative estimate of drug-likeness (QED) is 0.868. The third kappa shape index (κ3) is 3.97. The van der Waals surface area contributed by atoms with Crippen molar-refractivity contribution in [2.75, 3.05) is 0 Å². The SMILES string of the molecule is Cc1cncc(CNC(C)Cc2ccccc2)c1. The summed E-state index contributed by atoms with van der Waals surface area (Å²) in [7, 11) is 0. The Hall–Kier alpha value is -1.67. The molecule has 2 nitrogen and oxygen atoms in total. The Morgan fingerprint density at radius 1 is 1.11 bits per heavy atom. The van der Waals surface area contributed by atoms with Gasteiger partial charge in [0.15, 0.2) is 0 Å². The molecule has 1 atom stereocenters. The molecular formula is C16H20N2. The van der Waals surface area contributed by atoms with Gasteiger partial charge in [0.05, 0.1) is 0 Å². The summed E-state index contributed by atoms with van der Waals surface area (Å²) in [4.78, 5) is 4.21. The zero-order valence-electron chi connectivity index (χ0n) is 11.1. The van der Waals surface area contributed by atoms with Crippen LogP contribution in [-0.4, -0.2) is 11.0 Å². The van der Waals surface area contributed by atoms with Crippen molar-refractivity contribution in [1.82, 2.24) is 10.3 Å². The second-order valence-electron chi connectivity index (χ2n) is 4.84. The van der Waals surface area contributed by atoms with E-state index in [4.69, 9.17) is 0 Å². The molecule has 0 aliphatic carbocycles. The lowest BCUT2D eigenvalue weighted by Gasteiger charge is -2.14. The zero-order chi connectivity index (χ0) is 12.8. The number of aromatic nitrogens is 1. The number of nitrogens with zero attached hydrogens (tertiary/aromatic N) is 1. The molecule has 2 rings (SSSR count). The molecule has 94 valence electrons. The highest BCUT2D eigenvalue weighted by molar-refractivity contribution is 5.17. The monoisotopic (exact) mass is 240 g/mol. The number of pyridine rings is 1. The lowest BCUT2D eigenvalue weighted by Crippen LogP contribution is -2.27. The summed E-state index contributed by atoms with van der Waals surface area (Å²) in [5, 5.41) is 3.53. The van der Waals surface area contributed by atoms with E-state index in [-0.39, 0.29) is 0 Å². The van der Waals surface area contributed by atoms with Crippen LogP contribution in [0, 0.1) is 6.92 Å². The largest absolute Gasteiger partial charge is 0.310 e. The molecule has 0 amide bonds. The van der Waals surface area contributed by atoms with Crippen LogP contribution in [0.5, 0.6) is 0 Å². The standard InChI is InChI=1S/C16H20N2/c1-13-8-16(11-17-10-13)12-18-14(2)9-15-6-4-3-5-7-15/h3-8,10-11,14,18H,9,12H2,1-2H3. The van der Waals surface area contributed by atoms with Gasteiger partial charge in [-0.3, -0.25) is 4.98 Å². The lowest BCUT2D eigenvalue weighted by molar-refractivity contribution is 0.544. The normalized spacial score (nSPS) is 12.3. The molecular weight excluding hydrogens is 220 g/mol. The summed E-state index contributed by atoms with van der Waals surface area (Å²) < 4.78 is 0.